The van der Waals surface area contributed by atoms with Gasteiger partial charge < -0.3 is 19.8 Å². The Balaban J connectivity index is 4.39. The van der Waals surface area contributed by atoms with Gasteiger partial charge in [-0.25, -0.2) is 4.57 Å². The third kappa shape index (κ3) is 42.1. The molecular formula is C48H90N2O6P+. The highest BCUT2D eigenvalue weighted by atomic mass is 31.2. The lowest BCUT2D eigenvalue weighted by Gasteiger charge is -2.25. The number of phosphoric acid groups is 1. The molecule has 3 unspecified atom stereocenters. The molecule has 332 valence electrons. The highest BCUT2D eigenvalue weighted by Crippen LogP contribution is 2.43. The van der Waals surface area contributed by atoms with Gasteiger partial charge in [0.05, 0.1) is 39.9 Å². The second-order valence-electron chi connectivity index (χ2n) is 16.8. The van der Waals surface area contributed by atoms with Crippen molar-refractivity contribution in [1.82, 2.24) is 5.32 Å². The maximum Gasteiger partial charge on any atom is 0.472 e. The number of hydrogen-bond acceptors (Lipinski definition) is 5. The molecule has 0 aliphatic heterocycles. The molecule has 0 bridgehead atoms. The Labute approximate surface area is 351 Å². The van der Waals surface area contributed by atoms with Crippen molar-refractivity contribution in [2.45, 2.75) is 199 Å². The Morgan fingerprint density at radius 1 is 0.614 bits per heavy atom. The monoisotopic (exact) mass is 822 g/mol. The number of carbonyl (C=O) groups excluding carboxylic acids is 1. The average Bonchev–Trinajstić information content (AvgIpc) is 3.16. The standard InChI is InChI=1S/C48H89N2O6P/c1-6-8-10-12-14-16-18-20-22-23-24-25-26-27-28-30-32-34-36-38-40-42-48(52)49-46(45-56-57(53,54)55-44-43-50(3,4)5)47(51)41-39-37-35-33-31-29-21-19-17-15-13-11-9-7-2/h8,10,14,16,20,22,24-25,39,41,46-47,51H,6-7,9,11-13,15,17-19,21,23,26-38,40,42-45H2,1-5H3,(H-,49,52,53,54)/p+1/b10-8-,16-14-,22-20-,25-24-,41-39+. The van der Waals surface area contributed by atoms with Gasteiger partial charge in [0.1, 0.15) is 13.2 Å². The first-order chi connectivity index (χ1) is 27.5. The third-order valence-corrected chi connectivity index (χ3v) is 11.0. The van der Waals surface area contributed by atoms with Crippen LogP contribution in [0.4, 0.5) is 0 Å². The topological polar surface area (TPSA) is 105 Å². The van der Waals surface area contributed by atoms with E-state index in [0.29, 0.717) is 17.4 Å². The molecule has 0 radical (unpaired) electrons. The SMILES string of the molecule is CC/C=C\C/C=C\C/C=C\C/C=C\CCCCCCCCCCC(=O)NC(COP(=O)(O)OCC[N+](C)(C)C)C(O)/C=C/CCCCCCCCCCCCCC. The molecule has 0 heterocycles. The number of allylic oxidation sites excluding steroid dienone is 9. The zero-order chi connectivity index (χ0) is 42.1. The minimum absolute atomic E-state index is 0.0574. The number of hydrogen-bond donors (Lipinski definition) is 3. The van der Waals surface area contributed by atoms with E-state index in [2.05, 4.69) is 67.8 Å². The molecule has 8 nitrogen and oxygen atoms in total. The van der Waals surface area contributed by atoms with Crippen LogP contribution < -0.4 is 5.32 Å². The Morgan fingerprint density at radius 2 is 1.05 bits per heavy atom. The maximum atomic E-state index is 12.9. The van der Waals surface area contributed by atoms with Crippen molar-refractivity contribution in [3.63, 3.8) is 0 Å². The van der Waals surface area contributed by atoms with Gasteiger partial charge in [-0.2, -0.15) is 0 Å². The van der Waals surface area contributed by atoms with Crippen molar-refractivity contribution in [3.8, 4) is 0 Å². The molecule has 57 heavy (non-hydrogen) atoms. The molecule has 9 heteroatoms. The molecule has 0 aromatic rings. The van der Waals surface area contributed by atoms with Gasteiger partial charge in [0, 0.05) is 6.42 Å². The third-order valence-electron chi connectivity index (χ3n) is 9.99. The Bertz CT molecular complexity index is 1110. The van der Waals surface area contributed by atoms with Crippen LogP contribution in [0.2, 0.25) is 0 Å². The zero-order valence-corrected chi connectivity index (χ0v) is 38.5. The molecule has 0 aromatic carbocycles. The molecule has 0 aromatic heterocycles. The lowest BCUT2D eigenvalue weighted by atomic mass is 10.0. The van der Waals surface area contributed by atoms with Crippen LogP contribution in [0.1, 0.15) is 187 Å². The van der Waals surface area contributed by atoms with Crippen molar-refractivity contribution in [2.24, 2.45) is 0 Å². The number of unbranched alkanes of at least 4 members (excludes halogenated alkanes) is 20. The van der Waals surface area contributed by atoms with E-state index in [1.807, 2.05) is 27.2 Å². The van der Waals surface area contributed by atoms with Gasteiger partial charge in [-0.15, -0.1) is 0 Å². The van der Waals surface area contributed by atoms with E-state index in [9.17, 15) is 19.4 Å². The highest BCUT2D eigenvalue weighted by molar-refractivity contribution is 7.47. The molecule has 3 N–H and O–H groups in total. The number of aliphatic hydroxyl groups is 1. The number of rotatable bonds is 41. The Morgan fingerprint density at radius 3 is 1.54 bits per heavy atom. The molecular weight excluding hydrogens is 732 g/mol. The lowest BCUT2D eigenvalue weighted by molar-refractivity contribution is -0.870. The molecule has 0 spiro atoms. The van der Waals surface area contributed by atoms with Crippen LogP contribution in [-0.4, -0.2) is 73.4 Å². The fraction of sp³-hybridized carbons (Fsp3) is 0.771. The van der Waals surface area contributed by atoms with Crippen LogP contribution in [0, 0.1) is 0 Å². The van der Waals surface area contributed by atoms with Crippen LogP contribution >= 0.6 is 7.82 Å². The van der Waals surface area contributed by atoms with Crippen molar-refractivity contribution < 1.29 is 32.9 Å². The number of carbonyl (C=O) groups is 1. The number of quaternary nitrogens is 1. The molecule has 0 aliphatic rings. The van der Waals surface area contributed by atoms with Gasteiger partial charge in [0.15, 0.2) is 0 Å². The maximum absolute atomic E-state index is 12.9. The number of nitrogens with zero attached hydrogens (tertiary/aromatic N) is 1. The quantitative estimate of drug-likeness (QED) is 0.0245. The lowest BCUT2D eigenvalue weighted by Crippen LogP contribution is -2.45. The average molecular weight is 822 g/mol. The number of likely N-dealkylation sites (N-methyl/N-ethyl adjacent to an activating group) is 1. The van der Waals surface area contributed by atoms with Gasteiger partial charge in [0.25, 0.3) is 0 Å². The molecule has 3 atom stereocenters. The number of aliphatic hydroxyl groups excluding tert-OH is 1. The molecule has 0 saturated heterocycles. The fourth-order valence-electron chi connectivity index (χ4n) is 6.33. The first-order valence-corrected chi connectivity index (χ1v) is 24.7. The second kappa shape index (κ2) is 39.6. The minimum Gasteiger partial charge on any atom is -0.387 e. The zero-order valence-electron chi connectivity index (χ0n) is 37.6. The highest BCUT2D eigenvalue weighted by Gasteiger charge is 2.27. The summed E-state index contributed by atoms with van der Waals surface area (Å²) in [6.07, 6.45) is 51.4. The normalized spacial score (nSPS) is 14.9. The van der Waals surface area contributed by atoms with Gasteiger partial charge in [-0.1, -0.05) is 184 Å². The molecule has 0 rings (SSSR count). The van der Waals surface area contributed by atoms with Gasteiger partial charge >= 0.3 is 7.82 Å². The smallest absolute Gasteiger partial charge is 0.387 e. The summed E-state index contributed by atoms with van der Waals surface area (Å²) >= 11 is 0. The van der Waals surface area contributed by atoms with Crippen molar-refractivity contribution in [1.29, 1.82) is 0 Å². The van der Waals surface area contributed by atoms with Gasteiger partial charge in [-0.05, 0) is 57.8 Å². The minimum atomic E-state index is -4.34. The van der Waals surface area contributed by atoms with Crippen LogP contribution in [-0.2, 0) is 18.4 Å². The summed E-state index contributed by atoms with van der Waals surface area (Å²) in [5.41, 5.74) is 0. The van der Waals surface area contributed by atoms with E-state index < -0.39 is 20.0 Å². The summed E-state index contributed by atoms with van der Waals surface area (Å²) in [7, 11) is 1.56. The van der Waals surface area contributed by atoms with E-state index in [1.165, 1.54) is 96.3 Å². The molecule has 0 aliphatic carbocycles. The van der Waals surface area contributed by atoms with Crippen LogP contribution in [0.15, 0.2) is 60.8 Å². The van der Waals surface area contributed by atoms with Crippen LogP contribution in [0.5, 0.6) is 0 Å². The van der Waals surface area contributed by atoms with Crippen molar-refractivity contribution in [3.05, 3.63) is 60.8 Å². The summed E-state index contributed by atoms with van der Waals surface area (Å²) in [4.78, 5) is 23.1. The Hall–Kier alpha value is -1.80. The fourth-order valence-corrected chi connectivity index (χ4v) is 7.06. The van der Waals surface area contributed by atoms with Gasteiger partial charge in [0.2, 0.25) is 5.91 Å². The van der Waals surface area contributed by atoms with Crippen LogP contribution in [0.3, 0.4) is 0 Å². The summed E-state index contributed by atoms with van der Waals surface area (Å²) in [5.74, 6) is -0.188. The van der Waals surface area contributed by atoms with E-state index in [0.717, 1.165) is 70.6 Å². The second-order valence-corrected chi connectivity index (χ2v) is 18.2. The summed E-state index contributed by atoms with van der Waals surface area (Å²) < 4.78 is 23.6. The van der Waals surface area contributed by atoms with E-state index in [1.54, 1.807) is 6.08 Å². The molecule has 1 amide bonds. The number of amides is 1. The molecule has 0 fully saturated rings. The number of phosphoric ester groups is 1. The van der Waals surface area contributed by atoms with Crippen LogP contribution in [0.25, 0.3) is 0 Å². The Kier molecular flexibility index (Phi) is 38.4. The predicted octanol–water partition coefficient (Wildman–Crippen LogP) is 13.0. The number of nitrogens with one attached hydrogen (secondary N) is 1. The predicted molar refractivity (Wildman–Crippen MR) is 244 cm³/mol. The largest absolute Gasteiger partial charge is 0.472 e. The summed E-state index contributed by atoms with van der Waals surface area (Å²) in [5, 5.41) is 13.8. The van der Waals surface area contributed by atoms with Gasteiger partial charge in [-0.3, -0.25) is 13.8 Å². The van der Waals surface area contributed by atoms with E-state index >= 15 is 0 Å². The summed E-state index contributed by atoms with van der Waals surface area (Å²) in [6.45, 7) is 4.68. The molecule has 0 saturated carbocycles. The summed E-state index contributed by atoms with van der Waals surface area (Å²) in [6, 6.07) is -0.852. The first kappa shape index (κ1) is 55.2. The van der Waals surface area contributed by atoms with E-state index in [-0.39, 0.29) is 19.1 Å². The first-order valence-electron chi connectivity index (χ1n) is 23.2. The van der Waals surface area contributed by atoms with E-state index in [4.69, 9.17) is 9.05 Å². The van der Waals surface area contributed by atoms with Crippen molar-refractivity contribution >= 4 is 13.7 Å². The van der Waals surface area contributed by atoms with Crippen molar-refractivity contribution in [2.75, 3.05) is 40.9 Å².